The minimum Gasteiger partial charge on any atom is -0.306 e. The molecule has 4 heteroatoms. The van der Waals surface area contributed by atoms with E-state index in [0.29, 0.717) is 12.2 Å². The van der Waals surface area contributed by atoms with E-state index < -0.39 is 0 Å². The first-order valence-electron chi connectivity index (χ1n) is 2.85. The highest BCUT2D eigenvalue weighted by Gasteiger charge is 1.93. The topological polar surface area (TPSA) is 45.0 Å². The van der Waals surface area contributed by atoms with Crippen LogP contribution in [0.1, 0.15) is 6.92 Å². The highest BCUT2D eigenvalue weighted by molar-refractivity contribution is 5.92. The maximum atomic E-state index is 10.1. The largest absolute Gasteiger partial charge is 0.306 e. The lowest BCUT2D eigenvalue weighted by atomic mass is 10.6. The highest BCUT2D eigenvalue weighted by atomic mass is 16.1. The minimum atomic E-state index is 0.626. The van der Waals surface area contributed by atoms with Crippen LogP contribution in [0.4, 0.5) is 0 Å². The normalized spacial score (nSPS) is 12.1. The van der Waals surface area contributed by atoms with Crippen molar-refractivity contribution in [3.63, 3.8) is 0 Å². The van der Waals surface area contributed by atoms with E-state index in [-0.39, 0.29) is 0 Å². The molecule has 0 aromatic carbocycles. The Hall–Kier alpha value is -1.19. The zero-order chi connectivity index (χ0) is 7.98. The molecule has 56 valence electrons. The monoisotopic (exact) mass is 141 g/mol. The van der Waals surface area contributed by atoms with Gasteiger partial charge >= 0.3 is 0 Å². The van der Waals surface area contributed by atoms with Gasteiger partial charge in [-0.3, -0.25) is 9.79 Å². The van der Waals surface area contributed by atoms with Gasteiger partial charge in [-0.25, -0.2) is 4.99 Å². The fourth-order valence-electron chi connectivity index (χ4n) is 0.309. The molecule has 0 aromatic heterocycles. The Labute approximate surface area is 60.3 Å². The Balaban J connectivity index is 4.03. The van der Waals surface area contributed by atoms with Gasteiger partial charge in [0, 0.05) is 14.1 Å². The van der Waals surface area contributed by atoms with Crippen LogP contribution in [-0.2, 0) is 4.79 Å². The second-order valence-corrected chi connectivity index (χ2v) is 1.77. The lowest BCUT2D eigenvalue weighted by Crippen LogP contribution is -2.21. The van der Waals surface area contributed by atoms with Gasteiger partial charge in [-0.1, -0.05) is 0 Å². The Morgan fingerprint density at radius 1 is 1.60 bits per heavy atom. The fourth-order valence-corrected chi connectivity index (χ4v) is 0.309. The predicted octanol–water partition coefficient (Wildman–Crippen LogP) is 0.151. The van der Waals surface area contributed by atoms with Gasteiger partial charge in [0.1, 0.15) is 12.2 Å². The van der Waals surface area contributed by atoms with Crippen molar-refractivity contribution in [1.82, 2.24) is 4.90 Å². The molecule has 0 fully saturated rings. The van der Waals surface area contributed by atoms with Gasteiger partial charge in [-0.15, -0.1) is 0 Å². The van der Waals surface area contributed by atoms with Crippen molar-refractivity contribution in [3.05, 3.63) is 0 Å². The third-order valence-electron chi connectivity index (χ3n) is 1.03. The van der Waals surface area contributed by atoms with Crippen molar-refractivity contribution >= 4 is 18.6 Å². The first-order valence-corrected chi connectivity index (χ1v) is 2.85. The average Bonchev–Trinajstić information content (AvgIpc) is 1.98. The molecule has 0 radical (unpaired) electrons. The minimum absolute atomic E-state index is 0.626. The number of aliphatic imine (C=N–C) groups is 2. The van der Waals surface area contributed by atoms with E-state index in [9.17, 15) is 4.79 Å². The smallest absolute Gasteiger partial charge is 0.214 e. The molecule has 0 spiro atoms. The van der Waals surface area contributed by atoms with Crippen LogP contribution in [0.5, 0.6) is 0 Å². The number of rotatable bonds is 2. The quantitative estimate of drug-likeness (QED) is 0.307. The molecule has 0 aromatic rings. The molecule has 0 bridgehead atoms. The van der Waals surface area contributed by atoms with Crippen LogP contribution < -0.4 is 0 Å². The van der Waals surface area contributed by atoms with Crippen LogP contribution in [0.3, 0.4) is 0 Å². The molecule has 0 saturated heterocycles. The average molecular weight is 141 g/mol. The van der Waals surface area contributed by atoms with Crippen LogP contribution in [0.25, 0.3) is 0 Å². The molecule has 0 saturated carbocycles. The van der Waals surface area contributed by atoms with Gasteiger partial charge in [-0.2, -0.15) is 0 Å². The molecule has 4 nitrogen and oxygen atoms in total. The van der Waals surface area contributed by atoms with E-state index in [1.165, 1.54) is 11.2 Å². The maximum Gasteiger partial charge on any atom is 0.214 e. The van der Waals surface area contributed by atoms with Crippen LogP contribution in [0.2, 0.25) is 0 Å². The van der Waals surface area contributed by atoms with Gasteiger partial charge in [-0.05, 0) is 6.92 Å². The van der Waals surface area contributed by atoms with E-state index in [2.05, 4.69) is 9.98 Å². The van der Waals surface area contributed by atoms with E-state index in [1.54, 1.807) is 21.0 Å². The molecule has 1 amide bonds. The number of carbonyl (C=O) groups is 1. The van der Waals surface area contributed by atoms with Gasteiger partial charge in [0.05, 0.1) is 0 Å². The third kappa shape index (κ3) is 2.96. The number of amidine groups is 1. The van der Waals surface area contributed by atoms with Crippen LogP contribution in [0.15, 0.2) is 9.98 Å². The zero-order valence-electron chi connectivity index (χ0n) is 6.40. The molecule has 0 aliphatic heterocycles. The number of hydrogen-bond acceptors (Lipinski definition) is 2. The molecule has 10 heavy (non-hydrogen) atoms. The Kier molecular flexibility index (Phi) is 4.11. The summed E-state index contributed by atoms with van der Waals surface area (Å²) in [5.74, 6) is 0.626. The molecular formula is C6H11N3O. The van der Waals surface area contributed by atoms with Crippen LogP contribution in [-0.4, -0.2) is 37.6 Å². The molecule has 0 heterocycles. The molecule has 0 N–H and O–H groups in total. The number of amides is 1. The molecule has 0 aliphatic carbocycles. The summed E-state index contributed by atoms with van der Waals surface area (Å²) in [6.45, 7) is 1.73. The second kappa shape index (κ2) is 4.67. The van der Waals surface area contributed by atoms with Crippen LogP contribution >= 0.6 is 0 Å². The molecule has 0 rings (SSSR count). The second-order valence-electron chi connectivity index (χ2n) is 1.77. The van der Waals surface area contributed by atoms with E-state index in [0.717, 1.165) is 0 Å². The summed E-state index contributed by atoms with van der Waals surface area (Å²) in [5.41, 5.74) is 0. The zero-order valence-corrected chi connectivity index (χ0v) is 6.40. The van der Waals surface area contributed by atoms with Crippen molar-refractivity contribution in [2.75, 3.05) is 14.1 Å². The van der Waals surface area contributed by atoms with Gasteiger partial charge in [0.25, 0.3) is 0 Å². The number of carbonyl (C=O) groups excluding carboxylic acids is 1. The van der Waals surface area contributed by atoms with Crippen molar-refractivity contribution in [1.29, 1.82) is 0 Å². The van der Waals surface area contributed by atoms with Crippen molar-refractivity contribution in [2.24, 2.45) is 9.98 Å². The summed E-state index contributed by atoms with van der Waals surface area (Å²) in [5, 5.41) is 0. The first-order chi connectivity index (χ1) is 4.72. The van der Waals surface area contributed by atoms with E-state index >= 15 is 0 Å². The lowest BCUT2D eigenvalue weighted by molar-refractivity contribution is -0.114. The number of hydrogen-bond donors (Lipinski definition) is 0. The maximum absolute atomic E-state index is 10.1. The van der Waals surface area contributed by atoms with Crippen LogP contribution in [0, 0.1) is 0 Å². The molecule has 0 atom stereocenters. The van der Waals surface area contributed by atoms with Crippen molar-refractivity contribution in [3.8, 4) is 0 Å². The van der Waals surface area contributed by atoms with Gasteiger partial charge in [0.2, 0.25) is 6.41 Å². The lowest BCUT2D eigenvalue weighted by Gasteiger charge is -2.06. The van der Waals surface area contributed by atoms with E-state index in [4.69, 9.17) is 0 Å². The summed E-state index contributed by atoms with van der Waals surface area (Å²) < 4.78 is 0. The Morgan fingerprint density at radius 3 is 2.60 bits per heavy atom. The first kappa shape index (κ1) is 8.81. The van der Waals surface area contributed by atoms with E-state index in [1.807, 2.05) is 0 Å². The van der Waals surface area contributed by atoms with Gasteiger partial charge in [0.15, 0.2) is 0 Å². The summed E-state index contributed by atoms with van der Waals surface area (Å²) in [4.78, 5) is 19.0. The standard InChI is InChI=1S/C6H11N3O/c1-6(8-4-7-2)9(3)5-10/h4-5H,1-3H3/b7-4-,8-6+. The summed E-state index contributed by atoms with van der Waals surface area (Å²) >= 11 is 0. The Bertz CT molecular complexity index is 162. The van der Waals surface area contributed by atoms with Crippen molar-refractivity contribution in [2.45, 2.75) is 6.92 Å². The fraction of sp³-hybridized carbons (Fsp3) is 0.500. The number of nitrogens with zero attached hydrogens (tertiary/aromatic N) is 3. The summed E-state index contributed by atoms with van der Waals surface area (Å²) in [7, 11) is 3.26. The Morgan fingerprint density at radius 2 is 2.20 bits per heavy atom. The summed E-state index contributed by atoms with van der Waals surface area (Å²) in [6.07, 6.45) is 2.09. The highest BCUT2D eigenvalue weighted by Crippen LogP contribution is 1.79. The molecule has 0 aliphatic rings. The molecular weight excluding hydrogens is 130 g/mol. The van der Waals surface area contributed by atoms with Gasteiger partial charge < -0.3 is 4.90 Å². The van der Waals surface area contributed by atoms with Crippen molar-refractivity contribution < 1.29 is 4.79 Å². The summed E-state index contributed by atoms with van der Waals surface area (Å²) in [6, 6.07) is 0. The molecule has 0 unspecified atom stereocenters. The predicted molar refractivity (Wildman–Crippen MR) is 41.4 cm³/mol. The third-order valence-corrected chi connectivity index (χ3v) is 1.03. The SMILES string of the molecule is C/N=C\N=C(/C)N(C)C=O.